The Hall–Kier alpha value is -2.49. The molecule has 0 unspecified atom stereocenters. The van der Waals surface area contributed by atoms with E-state index in [9.17, 15) is 4.79 Å². The molecule has 1 fully saturated rings. The van der Waals surface area contributed by atoms with Crippen molar-refractivity contribution in [3.63, 3.8) is 0 Å². The van der Waals surface area contributed by atoms with E-state index in [4.69, 9.17) is 4.74 Å². The summed E-state index contributed by atoms with van der Waals surface area (Å²) in [6, 6.07) is 15.9. The van der Waals surface area contributed by atoms with Crippen LogP contribution in [0.25, 0.3) is 0 Å². The fraction of sp³-hybridized carbons (Fsp3) is 0.409. The molecular formula is C22H24N2O2. The molecule has 0 bridgehead atoms. The van der Waals surface area contributed by atoms with Crippen LogP contribution in [0.4, 0.5) is 10.5 Å². The second-order valence-electron chi connectivity index (χ2n) is 7.43. The molecular weight excluding hydrogens is 324 g/mol. The second kappa shape index (κ2) is 6.04. The van der Waals surface area contributed by atoms with Gasteiger partial charge in [0.1, 0.15) is 0 Å². The number of nitrogens with zero attached hydrogens (tertiary/aromatic N) is 2. The maximum Gasteiger partial charge on any atom is 0.410 e. The van der Waals surface area contributed by atoms with Gasteiger partial charge in [-0.1, -0.05) is 36.4 Å². The van der Waals surface area contributed by atoms with Crippen LogP contribution in [0.2, 0.25) is 0 Å². The lowest BCUT2D eigenvalue weighted by atomic mass is 9.79. The van der Waals surface area contributed by atoms with Gasteiger partial charge in [-0.3, -0.25) is 0 Å². The number of hydrogen-bond acceptors (Lipinski definition) is 3. The Balaban J connectivity index is 1.67. The normalized spacial score (nSPS) is 23.0. The fourth-order valence-electron chi connectivity index (χ4n) is 5.13. The highest BCUT2D eigenvalue weighted by atomic mass is 16.6. The van der Waals surface area contributed by atoms with E-state index >= 15 is 0 Å². The molecule has 0 aromatic heterocycles. The molecule has 5 rings (SSSR count). The van der Waals surface area contributed by atoms with Gasteiger partial charge in [-0.05, 0) is 54.5 Å². The molecule has 2 heterocycles. The third-order valence-corrected chi connectivity index (χ3v) is 6.16. The van der Waals surface area contributed by atoms with Gasteiger partial charge in [0.25, 0.3) is 0 Å². The van der Waals surface area contributed by atoms with Gasteiger partial charge in [-0.25, -0.2) is 4.79 Å². The summed E-state index contributed by atoms with van der Waals surface area (Å²) < 4.78 is 5.37. The van der Waals surface area contributed by atoms with Crippen LogP contribution in [-0.2, 0) is 17.6 Å². The minimum Gasteiger partial charge on any atom is -0.450 e. The van der Waals surface area contributed by atoms with Crippen molar-refractivity contribution in [2.75, 3.05) is 24.6 Å². The quantitative estimate of drug-likeness (QED) is 0.783. The summed E-state index contributed by atoms with van der Waals surface area (Å²) in [5, 5.41) is 0. The fourth-order valence-corrected chi connectivity index (χ4v) is 5.13. The predicted octanol–water partition coefficient (Wildman–Crippen LogP) is 3.93. The second-order valence-corrected chi connectivity index (χ2v) is 7.43. The molecule has 0 saturated carbocycles. The number of anilines is 1. The highest BCUT2D eigenvalue weighted by molar-refractivity contribution is 5.71. The van der Waals surface area contributed by atoms with Crippen LogP contribution in [0, 0.1) is 0 Å². The number of rotatable bonds is 1. The number of piperazine rings is 1. The van der Waals surface area contributed by atoms with Crippen LogP contribution in [0.15, 0.2) is 42.5 Å². The monoisotopic (exact) mass is 348 g/mol. The van der Waals surface area contributed by atoms with E-state index in [2.05, 4.69) is 47.4 Å². The van der Waals surface area contributed by atoms with Gasteiger partial charge in [0, 0.05) is 18.8 Å². The minimum atomic E-state index is -0.157. The average Bonchev–Trinajstić information content (AvgIpc) is 2.81. The summed E-state index contributed by atoms with van der Waals surface area (Å²) in [6.45, 7) is 3.89. The molecule has 2 aromatic rings. The number of ether oxygens (including phenoxy) is 1. The highest BCUT2D eigenvalue weighted by Gasteiger charge is 2.45. The standard InChI is InChI=1S/C22H24N2O2/c1-2-26-22(25)24-13-12-23-18-9-4-3-6-16(18)14-17-8-5-7-15-10-11-19(24)21(23)20(15)17/h3-9,19,21H,2,10-14H2,1H3/t19-,21+/m1/s1. The van der Waals surface area contributed by atoms with Gasteiger partial charge in [-0.2, -0.15) is 0 Å². The van der Waals surface area contributed by atoms with E-state index in [1.165, 1.54) is 27.9 Å². The molecule has 2 atom stereocenters. The molecule has 0 spiro atoms. The van der Waals surface area contributed by atoms with E-state index < -0.39 is 0 Å². The molecule has 0 radical (unpaired) electrons. The zero-order chi connectivity index (χ0) is 17.7. The van der Waals surface area contributed by atoms with Gasteiger partial charge in [0.05, 0.1) is 18.7 Å². The van der Waals surface area contributed by atoms with Crippen molar-refractivity contribution >= 4 is 11.8 Å². The molecule has 2 aliphatic heterocycles. The lowest BCUT2D eigenvalue weighted by Crippen LogP contribution is -2.58. The number of carbonyl (C=O) groups is 1. The zero-order valence-electron chi connectivity index (χ0n) is 15.1. The molecule has 4 nitrogen and oxygen atoms in total. The number of benzene rings is 2. The van der Waals surface area contributed by atoms with E-state index in [0.717, 1.165) is 32.4 Å². The van der Waals surface area contributed by atoms with Crippen molar-refractivity contribution in [3.8, 4) is 0 Å². The van der Waals surface area contributed by atoms with Crippen molar-refractivity contribution in [1.29, 1.82) is 0 Å². The maximum atomic E-state index is 12.6. The van der Waals surface area contributed by atoms with Crippen molar-refractivity contribution in [3.05, 3.63) is 64.7 Å². The van der Waals surface area contributed by atoms with Crippen molar-refractivity contribution in [2.45, 2.75) is 38.3 Å². The van der Waals surface area contributed by atoms with Gasteiger partial charge in [-0.15, -0.1) is 0 Å². The lowest BCUT2D eigenvalue weighted by molar-refractivity contribution is 0.0694. The SMILES string of the molecule is CCOC(=O)N1CCN2c3ccccc3Cc3cccc4c3[C@@H]2[C@H]1CC4. The highest BCUT2D eigenvalue weighted by Crippen LogP contribution is 2.47. The minimum absolute atomic E-state index is 0.157. The van der Waals surface area contributed by atoms with E-state index in [1.54, 1.807) is 0 Å². The first-order valence-electron chi connectivity index (χ1n) is 9.66. The Labute approximate surface area is 154 Å². The molecule has 1 saturated heterocycles. The van der Waals surface area contributed by atoms with Crippen LogP contribution in [-0.4, -0.2) is 36.7 Å². The first-order chi connectivity index (χ1) is 12.8. The van der Waals surface area contributed by atoms with Crippen molar-refractivity contribution in [1.82, 2.24) is 4.90 Å². The Morgan fingerprint density at radius 2 is 1.88 bits per heavy atom. The van der Waals surface area contributed by atoms with Crippen molar-refractivity contribution in [2.24, 2.45) is 0 Å². The molecule has 134 valence electrons. The first kappa shape index (κ1) is 15.7. The van der Waals surface area contributed by atoms with Crippen LogP contribution >= 0.6 is 0 Å². The largest absolute Gasteiger partial charge is 0.450 e. The van der Waals surface area contributed by atoms with Crippen LogP contribution in [0.3, 0.4) is 0 Å². The summed E-state index contributed by atoms with van der Waals surface area (Å²) in [5.74, 6) is 0. The molecule has 3 aliphatic rings. The van der Waals surface area contributed by atoms with E-state index in [0.29, 0.717) is 6.61 Å². The molecule has 1 amide bonds. The van der Waals surface area contributed by atoms with Gasteiger partial charge < -0.3 is 14.5 Å². The Bertz CT molecular complexity index is 863. The molecule has 26 heavy (non-hydrogen) atoms. The Kier molecular flexibility index (Phi) is 3.66. The molecule has 4 heteroatoms. The third kappa shape index (κ3) is 2.24. The van der Waals surface area contributed by atoms with Crippen LogP contribution in [0.5, 0.6) is 0 Å². The summed E-state index contributed by atoms with van der Waals surface area (Å²) in [6.07, 6.45) is 2.84. The molecule has 2 aromatic carbocycles. The summed E-state index contributed by atoms with van der Waals surface area (Å²) >= 11 is 0. The third-order valence-electron chi connectivity index (χ3n) is 6.16. The van der Waals surface area contributed by atoms with Crippen LogP contribution in [0.1, 0.15) is 41.6 Å². The number of carbonyl (C=O) groups excluding carboxylic acids is 1. The van der Waals surface area contributed by atoms with Gasteiger partial charge in [0.2, 0.25) is 0 Å². The number of aryl methyl sites for hydroxylation is 1. The van der Waals surface area contributed by atoms with Gasteiger partial charge in [0.15, 0.2) is 0 Å². The molecule has 1 aliphatic carbocycles. The zero-order valence-corrected chi connectivity index (χ0v) is 15.1. The van der Waals surface area contributed by atoms with Gasteiger partial charge >= 0.3 is 6.09 Å². The summed E-state index contributed by atoms with van der Waals surface area (Å²) in [5.41, 5.74) is 7.03. The summed E-state index contributed by atoms with van der Waals surface area (Å²) in [4.78, 5) is 17.1. The predicted molar refractivity (Wildman–Crippen MR) is 102 cm³/mol. The number of fused-ring (bicyclic) bond motifs is 2. The topological polar surface area (TPSA) is 32.8 Å². The molecule has 0 N–H and O–H groups in total. The number of amides is 1. The first-order valence-corrected chi connectivity index (χ1v) is 9.66. The smallest absolute Gasteiger partial charge is 0.410 e. The number of para-hydroxylation sites is 1. The average molecular weight is 348 g/mol. The van der Waals surface area contributed by atoms with Crippen molar-refractivity contribution < 1.29 is 9.53 Å². The lowest BCUT2D eigenvalue weighted by Gasteiger charge is -2.50. The Morgan fingerprint density at radius 1 is 1.08 bits per heavy atom. The van der Waals surface area contributed by atoms with E-state index in [1.807, 2.05) is 11.8 Å². The maximum absolute atomic E-state index is 12.6. The summed E-state index contributed by atoms with van der Waals surface area (Å²) in [7, 11) is 0. The number of hydrogen-bond donors (Lipinski definition) is 0. The van der Waals surface area contributed by atoms with Crippen LogP contribution < -0.4 is 4.90 Å². The Morgan fingerprint density at radius 3 is 2.77 bits per heavy atom. The van der Waals surface area contributed by atoms with E-state index in [-0.39, 0.29) is 18.2 Å².